The van der Waals surface area contributed by atoms with Gasteiger partial charge in [-0.1, -0.05) is 6.07 Å². The van der Waals surface area contributed by atoms with Crippen molar-refractivity contribution in [2.45, 2.75) is 13.5 Å². The van der Waals surface area contributed by atoms with Crippen molar-refractivity contribution >= 4 is 43.5 Å². The van der Waals surface area contributed by atoms with Crippen LogP contribution in [0.4, 0.5) is 0 Å². The summed E-state index contributed by atoms with van der Waals surface area (Å²) in [7, 11) is 1.36. The minimum atomic E-state index is -0.379. The number of methoxy groups -OCH3 is 1. The number of carbonyl (C=O) groups is 1. The van der Waals surface area contributed by atoms with Gasteiger partial charge in [0.1, 0.15) is 17.3 Å². The fraction of sp³-hybridized carbons (Fsp3) is 0.188. The van der Waals surface area contributed by atoms with Crippen LogP contribution in [0, 0.1) is 6.92 Å². The summed E-state index contributed by atoms with van der Waals surface area (Å²) in [5.74, 6) is 0.870. The molecule has 0 bridgehead atoms. The van der Waals surface area contributed by atoms with E-state index in [2.05, 4.69) is 25.9 Å². The zero-order valence-corrected chi connectivity index (χ0v) is 14.9. The molecular weight excluding hydrogens is 380 g/mol. The van der Waals surface area contributed by atoms with E-state index in [0.717, 1.165) is 15.8 Å². The minimum Gasteiger partial charge on any atom is -0.472 e. The summed E-state index contributed by atoms with van der Waals surface area (Å²) >= 11 is 4.94. The number of hydrogen-bond acceptors (Lipinski definition) is 6. The normalized spacial score (nSPS) is 10.7. The summed E-state index contributed by atoms with van der Waals surface area (Å²) in [6.07, 6.45) is 0. The molecule has 5 nitrogen and oxygen atoms in total. The molecule has 3 rings (SSSR count). The summed E-state index contributed by atoms with van der Waals surface area (Å²) in [5.41, 5.74) is 1.40. The van der Waals surface area contributed by atoms with Crippen molar-refractivity contribution in [1.82, 2.24) is 9.97 Å². The van der Waals surface area contributed by atoms with Crippen LogP contribution in [0.5, 0.6) is 5.88 Å². The van der Waals surface area contributed by atoms with Gasteiger partial charge in [-0.15, -0.1) is 11.3 Å². The highest BCUT2D eigenvalue weighted by Crippen LogP contribution is 2.27. The fourth-order valence-electron chi connectivity index (χ4n) is 2.12. The van der Waals surface area contributed by atoms with Gasteiger partial charge in [-0.3, -0.25) is 0 Å². The molecule has 0 saturated heterocycles. The Hall–Kier alpha value is -1.99. The molecule has 0 N–H and O–H groups in total. The Labute approximate surface area is 145 Å². The largest absolute Gasteiger partial charge is 0.472 e. The van der Waals surface area contributed by atoms with Crippen molar-refractivity contribution in [3.8, 4) is 5.88 Å². The molecule has 118 valence electrons. The van der Waals surface area contributed by atoms with Gasteiger partial charge in [-0.05, 0) is 52.0 Å². The number of aryl methyl sites for hydroxylation is 1. The van der Waals surface area contributed by atoms with Crippen LogP contribution in [0.1, 0.15) is 21.7 Å². The van der Waals surface area contributed by atoms with E-state index in [-0.39, 0.29) is 5.97 Å². The summed E-state index contributed by atoms with van der Waals surface area (Å²) in [6, 6.07) is 7.33. The first-order valence-electron chi connectivity index (χ1n) is 6.80. The molecule has 2 aromatic heterocycles. The highest BCUT2D eigenvalue weighted by molar-refractivity contribution is 9.10. The first-order valence-corrected chi connectivity index (χ1v) is 8.47. The summed E-state index contributed by atoms with van der Waals surface area (Å²) in [4.78, 5) is 21.2. The number of rotatable bonds is 4. The lowest BCUT2D eigenvalue weighted by Crippen LogP contribution is -2.04. The SMILES string of the molecule is COC(=O)c1ccc(COc2nc(C)nc3sccc23)cc1Br. The lowest BCUT2D eigenvalue weighted by atomic mass is 10.1. The number of carbonyl (C=O) groups excluding carboxylic acids is 1. The number of ether oxygens (including phenoxy) is 2. The molecule has 0 spiro atoms. The second kappa shape index (κ2) is 6.64. The number of aromatic nitrogens is 2. The lowest BCUT2D eigenvalue weighted by Gasteiger charge is -2.09. The molecule has 0 aliphatic heterocycles. The van der Waals surface area contributed by atoms with Gasteiger partial charge < -0.3 is 9.47 Å². The van der Waals surface area contributed by atoms with Gasteiger partial charge in [-0.25, -0.2) is 9.78 Å². The number of thiophene rings is 1. The summed E-state index contributed by atoms with van der Waals surface area (Å²) in [5, 5.41) is 2.87. The smallest absolute Gasteiger partial charge is 0.339 e. The van der Waals surface area contributed by atoms with Crippen LogP contribution in [-0.2, 0) is 11.3 Å². The average Bonchev–Trinajstić information content (AvgIpc) is 3.00. The third-order valence-corrected chi connectivity index (χ3v) is 4.68. The lowest BCUT2D eigenvalue weighted by molar-refractivity contribution is 0.0599. The Morgan fingerprint density at radius 2 is 2.13 bits per heavy atom. The Morgan fingerprint density at radius 3 is 2.87 bits per heavy atom. The predicted molar refractivity (Wildman–Crippen MR) is 92.0 cm³/mol. The standard InChI is InChI=1S/C16H13BrN2O3S/c1-9-18-14(12-5-6-23-15(12)19-9)22-8-10-3-4-11(13(17)7-10)16(20)21-2/h3-7H,8H2,1-2H3. The van der Waals surface area contributed by atoms with Crippen LogP contribution < -0.4 is 4.74 Å². The van der Waals surface area contributed by atoms with Crippen LogP contribution in [0.3, 0.4) is 0 Å². The van der Waals surface area contributed by atoms with Crippen LogP contribution in [0.2, 0.25) is 0 Å². The first kappa shape index (κ1) is 15.9. The maximum absolute atomic E-state index is 11.6. The van der Waals surface area contributed by atoms with Crippen LogP contribution in [0.15, 0.2) is 34.1 Å². The number of fused-ring (bicyclic) bond motifs is 1. The average molecular weight is 393 g/mol. The van der Waals surface area contributed by atoms with Crippen LogP contribution in [-0.4, -0.2) is 23.0 Å². The number of benzene rings is 1. The maximum Gasteiger partial charge on any atom is 0.339 e. The number of nitrogens with zero attached hydrogens (tertiary/aromatic N) is 2. The molecular formula is C16H13BrN2O3S. The number of halogens is 1. The summed E-state index contributed by atoms with van der Waals surface area (Å²) in [6.45, 7) is 2.19. The van der Waals surface area contributed by atoms with E-state index in [1.54, 1.807) is 17.4 Å². The van der Waals surface area contributed by atoms with Gasteiger partial charge in [0.2, 0.25) is 5.88 Å². The molecule has 0 amide bonds. The van der Waals surface area contributed by atoms with E-state index >= 15 is 0 Å². The second-order valence-corrected chi connectivity index (χ2v) is 6.56. The molecule has 0 aliphatic carbocycles. The topological polar surface area (TPSA) is 61.3 Å². The molecule has 0 fully saturated rings. The zero-order chi connectivity index (χ0) is 16.4. The van der Waals surface area contributed by atoms with Gasteiger partial charge in [0.05, 0.1) is 18.1 Å². The Kier molecular flexibility index (Phi) is 4.58. The molecule has 0 aliphatic rings. The Balaban J connectivity index is 1.81. The van der Waals surface area contributed by atoms with E-state index < -0.39 is 0 Å². The van der Waals surface area contributed by atoms with Gasteiger partial charge in [0.25, 0.3) is 0 Å². The monoisotopic (exact) mass is 392 g/mol. The van der Waals surface area contributed by atoms with E-state index in [0.29, 0.717) is 28.3 Å². The molecule has 2 heterocycles. The van der Waals surface area contributed by atoms with Crippen LogP contribution in [0.25, 0.3) is 10.2 Å². The van der Waals surface area contributed by atoms with Gasteiger partial charge in [-0.2, -0.15) is 4.98 Å². The maximum atomic E-state index is 11.6. The molecule has 0 atom stereocenters. The third-order valence-electron chi connectivity index (χ3n) is 3.22. The van der Waals surface area contributed by atoms with E-state index in [9.17, 15) is 4.79 Å². The van der Waals surface area contributed by atoms with Crippen molar-refractivity contribution in [3.05, 3.63) is 51.1 Å². The minimum absolute atomic E-state index is 0.349. The highest BCUT2D eigenvalue weighted by Gasteiger charge is 2.12. The van der Waals surface area contributed by atoms with E-state index in [1.807, 2.05) is 30.5 Å². The van der Waals surface area contributed by atoms with Gasteiger partial charge in [0.15, 0.2) is 0 Å². The van der Waals surface area contributed by atoms with Crippen molar-refractivity contribution in [2.24, 2.45) is 0 Å². The highest BCUT2D eigenvalue weighted by atomic mass is 79.9. The van der Waals surface area contributed by atoms with Crippen molar-refractivity contribution < 1.29 is 14.3 Å². The molecule has 0 radical (unpaired) electrons. The van der Waals surface area contributed by atoms with Crippen molar-refractivity contribution in [3.63, 3.8) is 0 Å². The quantitative estimate of drug-likeness (QED) is 0.624. The molecule has 0 saturated carbocycles. The van der Waals surface area contributed by atoms with E-state index in [1.165, 1.54) is 7.11 Å². The molecule has 0 unspecified atom stereocenters. The van der Waals surface area contributed by atoms with Crippen molar-refractivity contribution in [2.75, 3.05) is 7.11 Å². The van der Waals surface area contributed by atoms with Gasteiger partial charge >= 0.3 is 5.97 Å². The molecule has 1 aromatic carbocycles. The molecule has 7 heteroatoms. The second-order valence-electron chi connectivity index (χ2n) is 4.81. The van der Waals surface area contributed by atoms with E-state index in [4.69, 9.17) is 9.47 Å². The fourth-order valence-corrected chi connectivity index (χ4v) is 3.50. The van der Waals surface area contributed by atoms with Crippen molar-refractivity contribution in [1.29, 1.82) is 0 Å². The third kappa shape index (κ3) is 3.35. The van der Waals surface area contributed by atoms with Gasteiger partial charge in [0, 0.05) is 4.47 Å². The predicted octanol–water partition coefficient (Wildman–Crippen LogP) is 4.13. The number of hydrogen-bond donors (Lipinski definition) is 0. The zero-order valence-electron chi connectivity index (χ0n) is 12.5. The summed E-state index contributed by atoms with van der Waals surface area (Å²) < 4.78 is 11.2. The molecule has 3 aromatic rings. The number of esters is 1. The Bertz CT molecular complexity index is 879. The first-order chi connectivity index (χ1) is 11.1. The molecule has 23 heavy (non-hydrogen) atoms. The Morgan fingerprint density at radius 1 is 1.30 bits per heavy atom. The van der Waals surface area contributed by atoms with Crippen LogP contribution >= 0.6 is 27.3 Å².